The summed E-state index contributed by atoms with van der Waals surface area (Å²) in [7, 11) is 0. The van der Waals surface area contributed by atoms with E-state index < -0.39 is 0 Å². The third-order valence-corrected chi connectivity index (χ3v) is 8.01. The van der Waals surface area contributed by atoms with Crippen LogP contribution in [-0.4, -0.2) is 12.7 Å². The van der Waals surface area contributed by atoms with Crippen molar-refractivity contribution in [2.45, 2.75) is 90.6 Å². The molecule has 2 fully saturated rings. The number of aryl methyl sites for hydroxylation is 2. The number of hydrogen-bond acceptors (Lipinski definition) is 1. The third-order valence-electron chi connectivity index (χ3n) is 8.01. The van der Waals surface area contributed by atoms with Crippen LogP contribution >= 0.6 is 0 Å². The van der Waals surface area contributed by atoms with Gasteiger partial charge in [0.25, 0.3) is 0 Å². The molecule has 0 N–H and O–H groups in total. The first-order chi connectivity index (χ1) is 13.8. The molecule has 0 heterocycles. The number of hydrogen-bond donors (Lipinski definition) is 0. The van der Waals surface area contributed by atoms with E-state index in [4.69, 9.17) is 4.74 Å². The Morgan fingerprint density at radius 2 is 1.71 bits per heavy atom. The summed E-state index contributed by atoms with van der Waals surface area (Å²) in [6.45, 7) is 5.17. The molecule has 0 bridgehead atoms. The van der Waals surface area contributed by atoms with Gasteiger partial charge in [0, 0.05) is 0 Å². The minimum atomic E-state index is 0.521. The van der Waals surface area contributed by atoms with Crippen LogP contribution in [0.2, 0.25) is 0 Å². The van der Waals surface area contributed by atoms with Crippen molar-refractivity contribution in [3.05, 3.63) is 47.0 Å². The zero-order chi connectivity index (χ0) is 19.3. The van der Waals surface area contributed by atoms with Gasteiger partial charge in [-0.2, -0.15) is 0 Å². The van der Waals surface area contributed by atoms with E-state index in [1.54, 1.807) is 16.7 Å². The first-order valence-corrected chi connectivity index (χ1v) is 12.1. The minimum absolute atomic E-state index is 0.521. The molecule has 0 aromatic heterocycles. The number of fused-ring (bicyclic) bond motifs is 2. The van der Waals surface area contributed by atoms with E-state index in [-0.39, 0.29) is 0 Å². The van der Waals surface area contributed by atoms with Gasteiger partial charge < -0.3 is 4.74 Å². The average Bonchev–Trinajstić information content (AvgIpc) is 2.73. The Kier molecular flexibility index (Phi) is 6.94. The largest absolute Gasteiger partial charge is 0.374 e. The number of benzene rings is 1. The maximum Gasteiger partial charge on any atom is 0.0651 e. The van der Waals surface area contributed by atoms with Crippen LogP contribution < -0.4 is 0 Å². The summed E-state index contributed by atoms with van der Waals surface area (Å²) in [5.41, 5.74) is 4.88. The van der Waals surface area contributed by atoms with Gasteiger partial charge in [-0.25, -0.2) is 0 Å². The molecule has 0 saturated heterocycles. The predicted molar refractivity (Wildman–Crippen MR) is 119 cm³/mol. The first kappa shape index (κ1) is 20.2. The summed E-state index contributed by atoms with van der Waals surface area (Å²) in [6, 6.07) is 7.38. The Morgan fingerprint density at radius 1 is 0.929 bits per heavy atom. The number of ether oxygens (including phenoxy) is 1. The van der Waals surface area contributed by atoms with Crippen LogP contribution in [0.25, 0.3) is 0 Å². The molecule has 3 aliphatic rings. The molecule has 1 nitrogen and oxygen atoms in total. The van der Waals surface area contributed by atoms with Gasteiger partial charge in [-0.05, 0) is 111 Å². The molecule has 1 aromatic rings. The second-order valence-electron chi connectivity index (χ2n) is 9.79. The lowest BCUT2D eigenvalue weighted by Crippen LogP contribution is -2.37. The van der Waals surface area contributed by atoms with Crippen molar-refractivity contribution in [2.24, 2.45) is 23.7 Å². The van der Waals surface area contributed by atoms with Crippen molar-refractivity contribution >= 4 is 0 Å². The van der Waals surface area contributed by atoms with Crippen LogP contribution in [0.5, 0.6) is 0 Å². The second-order valence-corrected chi connectivity index (χ2v) is 9.79. The summed E-state index contributed by atoms with van der Waals surface area (Å²) in [6.07, 6.45) is 19.8. The average molecular weight is 381 g/mol. The van der Waals surface area contributed by atoms with Crippen molar-refractivity contribution in [1.82, 2.24) is 0 Å². The summed E-state index contributed by atoms with van der Waals surface area (Å²) < 4.78 is 6.09. The summed E-state index contributed by atoms with van der Waals surface area (Å²) in [5, 5.41) is 0. The predicted octanol–water partition coefficient (Wildman–Crippen LogP) is 6.92. The Balaban J connectivity index is 1.30. The van der Waals surface area contributed by atoms with Crippen molar-refractivity contribution in [3.63, 3.8) is 0 Å². The Labute approximate surface area is 173 Å². The molecule has 154 valence electrons. The van der Waals surface area contributed by atoms with Gasteiger partial charge >= 0.3 is 0 Å². The Bertz CT molecular complexity index is 660. The fraction of sp³-hybridized carbons (Fsp3) is 0.704. The van der Waals surface area contributed by atoms with E-state index in [0.29, 0.717) is 6.10 Å². The Hall–Kier alpha value is -1.08. The van der Waals surface area contributed by atoms with Gasteiger partial charge in [0.1, 0.15) is 0 Å². The topological polar surface area (TPSA) is 9.23 Å². The molecular formula is C27H40O. The van der Waals surface area contributed by atoms with E-state index in [2.05, 4.69) is 44.2 Å². The van der Waals surface area contributed by atoms with Crippen molar-refractivity contribution in [3.8, 4) is 0 Å². The lowest BCUT2D eigenvalue weighted by atomic mass is 9.62. The lowest BCUT2D eigenvalue weighted by molar-refractivity contribution is -0.0138. The molecule has 0 spiro atoms. The maximum atomic E-state index is 6.09. The van der Waals surface area contributed by atoms with E-state index in [9.17, 15) is 0 Å². The molecule has 0 amide bonds. The van der Waals surface area contributed by atoms with Crippen LogP contribution in [0.1, 0.15) is 81.9 Å². The zero-order valence-corrected chi connectivity index (χ0v) is 18.2. The van der Waals surface area contributed by atoms with Gasteiger partial charge in [-0.15, -0.1) is 0 Å². The van der Waals surface area contributed by atoms with E-state index >= 15 is 0 Å². The van der Waals surface area contributed by atoms with Gasteiger partial charge in [0.05, 0.1) is 12.7 Å². The highest BCUT2D eigenvalue weighted by atomic mass is 16.5. The molecule has 0 radical (unpaired) electrons. The number of rotatable bonds is 6. The molecule has 3 aliphatic carbocycles. The van der Waals surface area contributed by atoms with Crippen molar-refractivity contribution in [2.75, 3.05) is 6.61 Å². The van der Waals surface area contributed by atoms with Crippen LogP contribution in [-0.2, 0) is 24.0 Å². The molecule has 3 unspecified atom stereocenters. The summed E-state index contributed by atoms with van der Waals surface area (Å²) >= 11 is 0. The van der Waals surface area contributed by atoms with Crippen LogP contribution in [0, 0.1) is 23.7 Å². The fourth-order valence-electron chi connectivity index (χ4n) is 6.43. The Morgan fingerprint density at radius 3 is 2.54 bits per heavy atom. The monoisotopic (exact) mass is 380 g/mol. The van der Waals surface area contributed by atoms with Crippen LogP contribution in [0.3, 0.4) is 0 Å². The van der Waals surface area contributed by atoms with Crippen molar-refractivity contribution in [1.29, 1.82) is 0 Å². The zero-order valence-electron chi connectivity index (χ0n) is 18.2. The molecular weight excluding hydrogens is 340 g/mol. The SMILES string of the molecule is CC=CCO[C@@H]1CC[C@@H]2CC(C3CCc4cc(CCC)ccc4C3)CCC2C1. The highest BCUT2D eigenvalue weighted by Gasteiger charge is 2.38. The molecule has 1 aromatic carbocycles. The summed E-state index contributed by atoms with van der Waals surface area (Å²) in [4.78, 5) is 0. The quantitative estimate of drug-likeness (QED) is 0.487. The molecule has 1 heteroatoms. The third kappa shape index (κ3) is 4.73. The standard InChI is InChI=1S/C27H40O/c1-3-5-15-28-27-14-13-25-18-24(11-12-26(25)19-27)23-10-9-21-16-20(6-4-2)7-8-22(21)17-23/h3,5,7-8,16,23-27H,4,6,9-15,17-19H2,1-2H3/t23?,24?,25-,26?,27-/m1/s1. The molecule has 0 aliphatic heterocycles. The molecule has 2 saturated carbocycles. The molecule has 28 heavy (non-hydrogen) atoms. The van der Waals surface area contributed by atoms with Crippen molar-refractivity contribution < 1.29 is 4.74 Å². The normalized spacial score (nSPS) is 32.9. The van der Waals surface area contributed by atoms with Gasteiger partial charge in [-0.1, -0.05) is 43.7 Å². The van der Waals surface area contributed by atoms with E-state index in [1.165, 1.54) is 70.6 Å². The summed E-state index contributed by atoms with van der Waals surface area (Å²) in [5.74, 6) is 3.83. The smallest absolute Gasteiger partial charge is 0.0651 e. The highest BCUT2D eigenvalue weighted by Crippen LogP contribution is 2.47. The minimum Gasteiger partial charge on any atom is -0.374 e. The first-order valence-electron chi connectivity index (χ1n) is 12.1. The molecule has 4 rings (SSSR count). The fourth-order valence-corrected chi connectivity index (χ4v) is 6.43. The molecule has 5 atom stereocenters. The van der Waals surface area contributed by atoms with Crippen LogP contribution in [0.4, 0.5) is 0 Å². The second kappa shape index (κ2) is 9.61. The van der Waals surface area contributed by atoms with Gasteiger partial charge in [0.15, 0.2) is 0 Å². The maximum absolute atomic E-state index is 6.09. The number of allylic oxidation sites excluding steroid dienone is 1. The van der Waals surface area contributed by atoms with Gasteiger partial charge in [-0.3, -0.25) is 0 Å². The van der Waals surface area contributed by atoms with E-state index in [1.807, 2.05) is 0 Å². The van der Waals surface area contributed by atoms with Crippen LogP contribution in [0.15, 0.2) is 30.4 Å². The highest BCUT2D eigenvalue weighted by molar-refractivity contribution is 5.34. The van der Waals surface area contributed by atoms with E-state index in [0.717, 1.165) is 30.3 Å². The lowest BCUT2D eigenvalue weighted by Gasteiger charge is -2.45. The van der Waals surface area contributed by atoms with Gasteiger partial charge in [0.2, 0.25) is 0 Å².